The lowest BCUT2D eigenvalue weighted by Crippen LogP contribution is -2.38. The minimum Gasteiger partial charge on any atom is -0.493 e. The molecule has 32 heavy (non-hydrogen) atoms. The number of carboxylic acids is 1. The van der Waals surface area contributed by atoms with Gasteiger partial charge in [0.25, 0.3) is 0 Å². The minimum absolute atomic E-state index is 0.0130. The van der Waals surface area contributed by atoms with E-state index >= 15 is 0 Å². The van der Waals surface area contributed by atoms with E-state index in [4.69, 9.17) is 18.9 Å². The number of aliphatic carboxylic acids is 1. The molecule has 1 heterocycles. The molecule has 0 saturated carbocycles. The highest BCUT2D eigenvalue weighted by atomic mass is 16.5. The Morgan fingerprint density at radius 2 is 1.62 bits per heavy atom. The monoisotopic (exact) mass is 443 g/mol. The van der Waals surface area contributed by atoms with Crippen LogP contribution in [0.1, 0.15) is 36.1 Å². The van der Waals surface area contributed by atoms with Crippen LogP contribution in [0.15, 0.2) is 30.3 Å². The molecular weight excluding hydrogens is 410 g/mol. The molecular formula is C25H33NO6. The second-order valence-corrected chi connectivity index (χ2v) is 8.22. The van der Waals surface area contributed by atoms with Crippen molar-refractivity contribution in [1.82, 2.24) is 5.32 Å². The summed E-state index contributed by atoms with van der Waals surface area (Å²) in [6.07, 6.45) is 1.67. The van der Waals surface area contributed by atoms with Crippen LogP contribution in [0, 0.1) is 11.8 Å². The van der Waals surface area contributed by atoms with Crippen molar-refractivity contribution in [3.63, 3.8) is 0 Å². The van der Waals surface area contributed by atoms with E-state index in [9.17, 15) is 9.90 Å². The Morgan fingerprint density at radius 3 is 2.25 bits per heavy atom. The lowest BCUT2D eigenvalue weighted by molar-refractivity contribution is -0.138. The first-order chi connectivity index (χ1) is 15.4. The maximum absolute atomic E-state index is 11.6. The Balaban J connectivity index is 2.01. The third-order valence-corrected chi connectivity index (χ3v) is 6.31. The quantitative estimate of drug-likeness (QED) is 0.576. The van der Waals surface area contributed by atoms with E-state index in [2.05, 4.69) is 5.32 Å². The van der Waals surface area contributed by atoms with E-state index in [0.717, 1.165) is 24.1 Å². The van der Waals surface area contributed by atoms with E-state index in [-0.39, 0.29) is 24.3 Å². The number of methoxy groups -OCH3 is 4. The zero-order valence-electron chi connectivity index (χ0n) is 19.4. The van der Waals surface area contributed by atoms with Crippen molar-refractivity contribution >= 4 is 5.97 Å². The third-order valence-electron chi connectivity index (χ3n) is 6.31. The zero-order valence-corrected chi connectivity index (χ0v) is 19.4. The van der Waals surface area contributed by atoms with Gasteiger partial charge in [0, 0.05) is 12.5 Å². The van der Waals surface area contributed by atoms with Crippen molar-refractivity contribution in [3.8, 4) is 23.0 Å². The van der Waals surface area contributed by atoms with Crippen LogP contribution in [-0.2, 0) is 17.6 Å². The van der Waals surface area contributed by atoms with Gasteiger partial charge in [0.15, 0.2) is 23.0 Å². The number of benzene rings is 2. The molecule has 0 aromatic heterocycles. The SMILES string of the molecule is COc1ccc(CC(C(C)CC(=O)O)[C@H]2NCCc3cc(OC)c(OC)cc32)cc1OC. The van der Waals surface area contributed by atoms with Gasteiger partial charge in [0.05, 0.1) is 28.4 Å². The van der Waals surface area contributed by atoms with E-state index < -0.39 is 5.97 Å². The average molecular weight is 444 g/mol. The summed E-state index contributed by atoms with van der Waals surface area (Å²) in [6, 6.07) is 9.93. The summed E-state index contributed by atoms with van der Waals surface area (Å²) in [6.45, 7) is 2.83. The Morgan fingerprint density at radius 1 is 1.00 bits per heavy atom. The zero-order chi connectivity index (χ0) is 23.3. The van der Waals surface area contributed by atoms with Crippen molar-refractivity contribution in [2.45, 2.75) is 32.2 Å². The van der Waals surface area contributed by atoms with Crippen LogP contribution in [0.2, 0.25) is 0 Å². The van der Waals surface area contributed by atoms with Gasteiger partial charge in [-0.2, -0.15) is 0 Å². The first kappa shape index (κ1) is 23.7. The predicted molar refractivity (Wildman–Crippen MR) is 122 cm³/mol. The van der Waals surface area contributed by atoms with Gasteiger partial charge in [-0.1, -0.05) is 13.0 Å². The fourth-order valence-corrected chi connectivity index (χ4v) is 4.65. The molecule has 0 radical (unpaired) electrons. The molecule has 3 rings (SSSR count). The summed E-state index contributed by atoms with van der Waals surface area (Å²) in [5, 5.41) is 13.1. The lowest BCUT2D eigenvalue weighted by Gasteiger charge is -2.37. The molecule has 0 fully saturated rings. The Kier molecular flexibility index (Phi) is 7.85. The molecule has 7 heteroatoms. The summed E-state index contributed by atoms with van der Waals surface area (Å²) in [4.78, 5) is 11.6. The molecule has 7 nitrogen and oxygen atoms in total. The van der Waals surface area contributed by atoms with Crippen molar-refractivity contribution in [2.24, 2.45) is 11.8 Å². The van der Waals surface area contributed by atoms with Gasteiger partial charge in [0.1, 0.15) is 0 Å². The molecule has 2 unspecified atom stereocenters. The first-order valence-corrected chi connectivity index (χ1v) is 10.8. The highest BCUT2D eigenvalue weighted by molar-refractivity contribution is 5.67. The van der Waals surface area contributed by atoms with Crippen molar-refractivity contribution in [1.29, 1.82) is 0 Å². The second-order valence-electron chi connectivity index (χ2n) is 8.22. The number of hydrogen-bond donors (Lipinski definition) is 2. The van der Waals surface area contributed by atoms with Gasteiger partial charge >= 0.3 is 5.97 Å². The molecule has 0 bridgehead atoms. The van der Waals surface area contributed by atoms with Crippen LogP contribution in [-0.4, -0.2) is 46.1 Å². The van der Waals surface area contributed by atoms with E-state index in [1.54, 1.807) is 28.4 Å². The van der Waals surface area contributed by atoms with Gasteiger partial charge in [-0.25, -0.2) is 0 Å². The van der Waals surface area contributed by atoms with Crippen molar-refractivity contribution in [2.75, 3.05) is 35.0 Å². The second kappa shape index (κ2) is 10.6. The predicted octanol–water partition coefficient (Wildman–Crippen LogP) is 3.88. The van der Waals surface area contributed by atoms with E-state index in [0.29, 0.717) is 29.4 Å². The average Bonchev–Trinajstić information content (AvgIpc) is 2.80. The first-order valence-electron chi connectivity index (χ1n) is 10.8. The van der Waals surface area contributed by atoms with Crippen LogP contribution in [0.4, 0.5) is 0 Å². The van der Waals surface area contributed by atoms with Crippen LogP contribution in [0.25, 0.3) is 0 Å². The number of carbonyl (C=O) groups is 1. The summed E-state index contributed by atoms with van der Waals surface area (Å²) in [5.74, 6) is 1.91. The molecule has 2 N–H and O–H groups in total. The lowest BCUT2D eigenvalue weighted by atomic mass is 9.75. The van der Waals surface area contributed by atoms with Crippen molar-refractivity contribution < 1.29 is 28.8 Å². The molecule has 1 aliphatic heterocycles. The molecule has 0 aliphatic carbocycles. The number of carboxylic acid groups (broad SMARTS) is 1. The number of hydrogen-bond acceptors (Lipinski definition) is 6. The van der Waals surface area contributed by atoms with Crippen LogP contribution in [0.5, 0.6) is 23.0 Å². The molecule has 0 amide bonds. The highest BCUT2D eigenvalue weighted by Crippen LogP contribution is 2.41. The van der Waals surface area contributed by atoms with E-state index in [1.165, 1.54) is 5.56 Å². The molecule has 1 aliphatic rings. The fourth-order valence-electron chi connectivity index (χ4n) is 4.65. The number of fused-ring (bicyclic) bond motifs is 1. The van der Waals surface area contributed by atoms with Crippen LogP contribution >= 0.6 is 0 Å². The van der Waals surface area contributed by atoms with Crippen molar-refractivity contribution in [3.05, 3.63) is 47.0 Å². The van der Waals surface area contributed by atoms with Gasteiger partial charge in [0.2, 0.25) is 0 Å². The Labute approximate surface area is 189 Å². The molecule has 2 aromatic carbocycles. The van der Waals surface area contributed by atoms with Gasteiger partial charge < -0.3 is 29.4 Å². The molecule has 0 saturated heterocycles. The fraction of sp³-hybridized carbons (Fsp3) is 0.480. The van der Waals surface area contributed by atoms with Gasteiger partial charge in [-0.05, 0) is 72.2 Å². The standard InChI is InChI=1S/C25H33NO6/c1-15(10-24(27)28)18(11-16-6-7-20(29-2)21(12-16)30-3)25-19-14-23(32-5)22(31-4)13-17(19)8-9-26-25/h6-7,12-15,18,25-26H,8-11H2,1-5H3,(H,27,28)/t15?,18?,25-/m1/s1. The molecule has 174 valence electrons. The smallest absolute Gasteiger partial charge is 0.303 e. The Hall–Kier alpha value is -2.93. The number of nitrogens with one attached hydrogen (secondary N) is 1. The van der Waals surface area contributed by atoms with Crippen LogP contribution in [0.3, 0.4) is 0 Å². The normalized spacial score (nSPS) is 17.1. The largest absolute Gasteiger partial charge is 0.493 e. The number of ether oxygens (including phenoxy) is 4. The minimum atomic E-state index is -0.793. The Bertz CT molecular complexity index is 944. The molecule has 0 spiro atoms. The highest BCUT2D eigenvalue weighted by Gasteiger charge is 2.33. The van der Waals surface area contributed by atoms with Gasteiger partial charge in [-0.15, -0.1) is 0 Å². The van der Waals surface area contributed by atoms with Gasteiger partial charge in [-0.3, -0.25) is 4.79 Å². The summed E-state index contributed by atoms with van der Waals surface area (Å²) < 4.78 is 21.9. The molecule has 2 aromatic rings. The topological polar surface area (TPSA) is 86.3 Å². The third kappa shape index (κ3) is 5.10. The maximum atomic E-state index is 11.6. The maximum Gasteiger partial charge on any atom is 0.303 e. The van der Waals surface area contributed by atoms with Crippen LogP contribution < -0.4 is 24.3 Å². The number of rotatable bonds is 10. The summed E-state index contributed by atoms with van der Waals surface area (Å²) in [5.41, 5.74) is 3.40. The summed E-state index contributed by atoms with van der Waals surface area (Å²) >= 11 is 0. The molecule has 3 atom stereocenters. The van der Waals surface area contributed by atoms with E-state index in [1.807, 2.05) is 37.3 Å². The summed E-state index contributed by atoms with van der Waals surface area (Å²) in [7, 11) is 6.49.